The third-order valence-electron chi connectivity index (χ3n) is 8.49. The number of hydrogen-bond donors (Lipinski definition) is 1. The van der Waals surface area contributed by atoms with E-state index in [0.717, 1.165) is 41.8 Å². The number of rotatable bonds is 4. The van der Waals surface area contributed by atoms with Gasteiger partial charge in [0.25, 0.3) is 5.91 Å². The van der Waals surface area contributed by atoms with Gasteiger partial charge in [0.05, 0.1) is 23.6 Å². The number of anilines is 1. The molecule has 1 aliphatic heterocycles. The fourth-order valence-corrected chi connectivity index (χ4v) is 6.49. The molecule has 0 radical (unpaired) electrons. The Morgan fingerprint density at radius 1 is 1.23 bits per heavy atom. The van der Waals surface area contributed by atoms with Gasteiger partial charge in [-0.25, -0.2) is 0 Å². The number of nitrogens with zero attached hydrogens (tertiary/aromatic N) is 1. The summed E-state index contributed by atoms with van der Waals surface area (Å²) in [6.45, 7) is 2.90. The van der Waals surface area contributed by atoms with Crippen molar-refractivity contribution in [2.75, 3.05) is 11.9 Å². The Hall–Kier alpha value is -2.20. The highest BCUT2D eigenvalue weighted by molar-refractivity contribution is 6.04. The maximum atomic E-state index is 13.0. The van der Waals surface area contributed by atoms with Gasteiger partial charge in [0.2, 0.25) is 0 Å². The second kappa shape index (κ2) is 7.16. The van der Waals surface area contributed by atoms with E-state index in [-0.39, 0.29) is 11.5 Å². The van der Waals surface area contributed by atoms with Crippen molar-refractivity contribution in [1.29, 1.82) is 0 Å². The number of pyridine rings is 1. The van der Waals surface area contributed by atoms with Gasteiger partial charge in [-0.2, -0.15) is 0 Å². The fraction of sp³-hybridized carbons (Fsp3) is 0.556. The van der Waals surface area contributed by atoms with Crippen LogP contribution in [0.5, 0.6) is 0 Å². The van der Waals surface area contributed by atoms with Crippen molar-refractivity contribution in [2.45, 2.75) is 75.7 Å². The van der Waals surface area contributed by atoms with Crippen LogP contribution in [-0.2, 0) is 16.6 Å². The average Bonchev–Trinajstić information content (AvgIpc) is 3.69. The lowest BCUT2D eigenvalue weighted by atomic mass is 9.57. The predicted octanol–water partition coefficient (Wildman–Crippen LogP) is 5.59. The van der Waals surface area contributed by atoms with Crippen molar-refractivity contribution in [1.82, 2.24) is 4.98 Å². The minimum atomic E-state index is -0.0371. The second-order valence-electron chi connectivity index (χ2n) is 10.5. The zero-order valence-electron chi connectivity index (χ0n) is 18.5. The number of aromatic nitrogens is 1. The molecule has 1 aromatic heterocycles. The number of amides is 1. The quantitative estimate of drug-likeness (QED) is 0.662. The molecule has 162 valence electrons. The maximum absolute atomic E-state index is 13.0. The van der Waals surface area contributed by atoms with Crippen LogP contribution in [0.15, 0.2) is 36.5 Å². The topological polar surface area (TPSA) is 54.5 Å². The summed E-state index contributed by atoms with van der Waals surface area (Å²) in [6, 6.07) is 10.3. The summed E-state index contributed by atoms with van der Waals surface area (Å²) in [6.07, 6.45) is 13.2. The third-order valence-corrected chi connectivity index (χ3v) is 8.49. The van der Waals surface area contributed by atoms with Crippen molar-refractivity contribution >= 4 is 11.6 Å². The molecule has 1 aromatic carbocycles. The lowest BCUT2D eigenvalue weighted by Crippen LogP contribution is -2.43. The van der Waals surface area contributed by atoms with Gasteiger partial charge in [-0.3, -0.25) is 9.78 Å². The van der Waals surface area contributed by atoms with Crippen LogP contribution in [-0.4, -0.2) is 23.1 Å². The molecule has 4 nitrogen and oxygen atoms in total. The van der Waals surface area contributed by atoms with E-state index in [2.05, 4.69) is 28.5 Å². The Morgan fingerprint density at radius 3 is 2.87 bits per heavy atom. The minimum Gasteiger partial charge on any atom is -0.370 e. The molecule has 1 saturated heterocycles. The number of benzene rings is 1. The molecule has 31 heavy (non-hydrogen) atoms. The van der Waals surface area contributed by atoms with Crippen LogP contribution in [0.25, 0.3) is 0 Å². The number of hydrogen-bond acceptors (Lipinski definition) is 3. The monoisotopic (exact) mass is 416 g/mol. The van der Waals surface area contributed by atoms with Gasteiger partial charge in [0, 0.05) is 11.8 Å². The highest BCUT2D eigenvalue weighted by Gasteiger charge is 2.57. The first-order valence-corrected chi connectivity index (χ1v) is 12.1. The van der Waals surface area contributed by atoms with Gasteiger partial charge >= 0.3 is 0 Å². The van der Waals surface area contributed by atoms with E-state index in [1.807, 2.05) is 19.1 Å². The Bertz CT molecular complexity index is 1020. The molecular formula is C27H32N2O2. The van der Waals surface area contributed by atoms with Gasteiger partial charge in [-0.1, -0.05) is 18.9 Å². The van der Waals surface area contributed by atoms with Gasteiger partial charge < -0.3 is 10.1 Å². The van der Waals surface area contributed by atoms with E-state index >= 15 is 0 Å². The first-order chi connectivity index (χ1) is 15.1. The maximum Gasteiger partial charge on any atom is 0.255 e. The summed E-state index contributed by atoms with van der Waals surface area (Å²) in [4.78, 5) is 17.3. The summed E-state index contributed by atoms with van der Waals surface area (Å²) < 4.78 is 5.94. The highest BCUT2D eigenvalue weighted by Crippen LogP contribution is 2.60. The Balaban J connectivity index is 1.33. The number of ether oxygens (including phenoxy) is 1. The molecule has 4 heteroatoms. The predicted molar refractivity (Wildman–Crippen MR) is 121 cm³/mol. The standard InChI is InChI=1S/C27H32N2O2/c1-18-24(6-3-13-28-18)29-25(30)21-9-10-23-20(14-21)4-2-5-22-16-26(17-31-26)11-12-27(22,23)15-19-7-8-19/h3,6,9-10,13-14,19,22H,2,4-5,7-8,11-12,15-17H2,1H3,(H,29,30). The molecule has 3 aliphatic carbocycles. The fourth-order valence-electron chi connectivity index (χ4n) is 6.49. The SMILES string of the molecule is Cc1ncccc1NC(=O)c1ccc2c(c1)CCCC1CC3(CCC21CC1CC1)CO3. The molecule has 1 N–H and O–H groups in total. The smallest absolute Gasteiger partial charge is 0.255 e. The third kappa shape index (κ3) is 3.49. The van der Waals surface area contributed by atoms with Gasteiger partial charge in [-0.15, -0.1) is 0 Å². The van der Waals surface area contributed by atoms with Crippen LogP contribution >= 0.6 is 0 Å². The van der Waals surface area contributed by atoms with Crippen LogP contribution in [0.4, 0.5) is 5.69 Å². The van der Waals surface area contributed by atoms with Crippen molar-refractivity contribution < 1.29 is 9.53 Å². The van der Waals surface area contributed by atoms with E-state index in [4.69, 9.17) is 4.74 Å². The molecule has 3 unspecified atom stereocenters. The number of carbonyl (C=O) groups is 1. The lowest BCUT2D eigenvalue weighted by molar-refractivity contribution is 0.0893. The van der Waals surface area contributed by atoms with E-state index in [1.165, 1.54) is 56.9 Å². The lowest BCUT2D eigenvalue weighted by Gasteiger charge is -2.47. The summed E-state index contributed by atoms with van der Waals surface area (Å²) in [5.74, 6) is 1.59. The van der Waals surface area contributed by atoms with Crippen LogP contribution in [0.3, 0.4) is 0 Å². The zero-order valence-corrected chi connectivity index (χ0v) is 18.5. The largest absolute Gasteiger partial charge is 0.370 e. The van der Waals surface area contributed by atoms with E-state index in [0.29, 0.717) is 5.41 Å². The molecule has 1 spiro atoms. The van der Waals surface area contributed by atoms with Gasteiger partial charge in [0.1, 0.15) is 0 Å². The Morgan fingerprint density at radius 2 is 2.10 bits per heavy atom. The van der Waals surface area contributed by atoms with Crippen LogP contribution in [0, 0.1) is 18.8 Å². The molecule has 3 fully saturated rings. The number of aryl methyl sites for hydroxylation is 2. The van der Waals surface area contributed by atoms with E-state index in [9.17, 15) is 4.79 Å². The van der Waals surface area contributed by atoms with E-state index in [1.54, 1.807) is 11.8 Å². The van der Waals surface area contributed by atoms with Crippen LogP contribution < -0.4 is 5.32 Å². The molecular weight excluding hydrogens is 384 g/mol. The summed E-state index contributed by atoms with van der Waals surface area (Å²) in [5, 5.41) is 3.06. The van der Waals surface area contributed by atoms with Crippen LogP contribution in [0.1, 0.15) is 78.5 Å². The molecule has 2 heterocycles. The molecule has 2 saturated carbocycles. The molecule has 2 aromatic rings. The molecule has 0 bridgehead atoms. The summed E-state index contributed by atoms with van der Waals surface area (Å²) >= 11 is 0. The Labute approximate surface area is 184 Å². The van der Waals surface area contributed by atoms with Crippen molar-refractivity contribution in [3.8, 4) is 0 Å². The van der Waals surface area contributed by atoms with Gasteiger partial charge in [0.15, 0.2) is 0 Å². The van der Waals surface area contributed by atoms with Crippen molar-refractivity contribution in [2.24, 2.45) is 11.8 Å². The summed E-state index contributed by atoms with van der Waals surface area (Å²) in [7, 11) is 0. The molecule has 1 amide bonds. The average molecular weight is 417 g/mol. The summed E-state index contributed by atoms with van der Waals surface area (Å²) in [5.41, 5.74) is 5.85. The first-order valence-electron chi connectivity index (χ1n) is 12.1. The zero-order chi connectivity index (χ0) is 21.1. The molecule has 4 aliphatic rings. The first kappa shape index (κ1) is 19.5. The molecule has 3 atom stereocenters. The van der Waals surface area contributed by atoms with Crippen LogP contribution in [0.2, 0.25) is 0 Å². The van der Waals surface area contributed by atoms with Gasteiger partial charge in [-0.05, 0) is 105 Å². The Kier molecular flexibility index (Phi) is 4.50. The number of fused-ring (bicyclic) bond motifs is 3. The molecule has 6 rings (SSSR count). The van der Waals surface area contributed by atoms with E-state index < -0.39 is 0 Å². The highest BCUT2D eigenvalue weighted by atomic mass is 16.6. The normalized spacial score (nSPS) is 31.5. The van der Waals surface area contributed by atoms with Crippen molar-refractivity contribution in [3.63, 3.8) is 0 Å². The number of carbonyl (C=O) groups excluding carboxylic acids is 1. The van der Waals surface area contributed by atoms with Crippen molar-refractivity contribution in [3.05, 3.63) is 58.9 Å². The second-order valence-corrected chi connectivity index (χ2v) is 10.5. The minimum absolute atomic E-state index is 0.0371. The number of nitrogens with one attached hydrogen (secondary N) is 1. The number of epoxide rings is 1.